The van der Waals surface area contributed by atoms with Crippen molar-refractivity contribution in [3.05, 3.63) is 29.6 Å². The van der Waals surface area contributed by atoms with E-state index in [0.29, 0.717) is 30.3 Å². The third-order valence-electron chi connectivity index (χ3n) is 2.42. The molecule has 2 N–H and O–H groups in total. The Hall–Kier alpha value is -1.42. The molecule has 0 fully saturated rings. The number of nitrogens with zero attached hydrogens (tertiary/aromatic N) is 1. The van der Waals surface area contributed by atoms with E-state index in [2.05, 4.69) is 18.8 Å². The van der Waals surface area contributed by atoms with Crippen molar-refractivity contribution in [2.75, 3.05) is 6.61 Å². The van der Waals surface area contributed by atoms with E-state index in [9.17, 15) is 4.79 Å². The molecule has 17 heavy (non-hydrogen) atoms. The van der Waals surface area contributed by atoms with Gasteiger partial charge in [0.15, 0.2) is 0 Å². The van der Waals surface area contributed by atoms with Crippen molar-refractivity contribution in [1.29, 1.82) is 0 Å². The molecule has 1 heterocycles. The molecule has 0 bridgehead atoms. The van der Waals surface area contributed by atoms with Gasteiger partial charge in [-0.1, -0.05) is 13.8 Å². The van der Waals surface area contributed by atoms with Crippen LogP contribution in [0.5, 0.6) is 0 Å². The van der Waals surface area contributed by atoms with Gasteiger partial charge in [-0.15, -0.1) is 0 Å². The number of esters is 1. The lowest BCUT2D eigenvalue weighted by Crippen LogP contribution is -2.09. The van der Waals surface area contributed by atoms with Crippen LogP contribution in [0.25, 0.3) is 0 Å². The molecule has 4 heteroatoms. The number of carbonyl (C=O) groups is 1. The number of pyridine rings is 1. The first-order valence-electron chi connectivity index (χ1n) is 5.95. The maximum atomic E-state index is 11.7. The van der Waals surface area contributed by atoms with Crippen molar-refractivity contribution in [3.8, 4) is 0 Å². The fourth-order valence-electron chi connectivity index (χ4n) is 1.46. The Morgan fingerprint density at radius 1 is 1.53 bits per heavy atom. The number of aromatic nitrogens is 1. The standard InChI is InChI=1S/C13H20N2O2/c1-10(2)4-3-7-17-13(16)11-5-6-15-12(8-11)9-14/h5-6,8,10H,3-4,7,9,14H2,1-2H3. The van der Waals surface area contributed by atoms with Crippen LogP contribution in [0.1, 0.15) is 42.7 Å². The van der Waals surface area contributed by atoms with E-state index in [4.69, 9.17) is 10.5 Å². The third kappa shape index (κ3) is 4.95. The van der Waals surface area contributed by atoms with Crippen molar-refractivity contribution in [2.24, 2.45) is 11.7 Å². The first-order valence-corrected chi connectivity index (χ1v) is 5.95. The molecule has 0 unspecified atom stereocenters. The molecule has 0 aliphatic carbocycles. The van der Waals surface area contributed by atoms with Crippen LogP contribution in [-0.4, -0.2) is 17.6 Å². The smallest absolute Gasteiger partial charge is 0.338 e. The summed E-state index contributed by atoms with van der Waals surface area (Å²) in [6, 6.07) is 3.31. The molecule has 0 atom stereocenters. The van der Waals surface area contributed by atoms with Crippen LogP contribution in [-0.2, 0) is 11.3 Å². The van der Waals surface area contributed by atoms with E-state index in [-0.39, 0.29) is 5.97 Å². The predicted octanol–water partition coefficient (Wildman–Crippen LogP) is 2.13. The summed E-state index contributed by atoms with van der Waals surface area (Å²) in [7, 11) is 0. The zero-order valence-electron chi connectivity index (χ0n) is 10.5. The van der Waals surface area contributed by atoms with E-state index >= 15 is 0 Å². The summed E-state index contributed by atoms with van der Waals surface area (Å²) in [5.74, 6) is 0.337. The van der Waals surface area contributed by atoms with E-state index in [1.807, 2.05) is 0 Å². The fraction of sp³-hybridized carbons (Fsp3) is 0.538. The van der Waals surface area contributed by atoms with E-state index in [1.165, 1.54) is 0 Å². The van der Waals surface area contributed by atoms with Gasteiger partial charge in [0.05, 0.1) is 17.9 Å². The number of hydrogen-bond acceptors (Lipinski definition) is 4. The van der Waals surface area contributed by atoms with Crippen LogP contribution in [0.15, 0.2) is 18.3 Å². The summed E-state index contributed by atoms with van der Waals surface area (Å²) in [6.45, 7) is 5.10. The number of carbonyl (C=O) groups excluding carboxylic acids is 1. The van der Waals surface area contributed by atoms with E-state index in [0.717, 1.165) is 12.8 Å². The Balaban J connectivity index is 2.41. The molecule has 1 rings (SSSR count). The molecule has 0 spiro atoms. The lowest BCUT2D eigenvalue weighted by molar-refractivity contribution is 0.0494. The Morgan fingerprint density at radius 2 is 2.29 bits per heavy atom. The Kier molecular flexibility index (Phi) is 5.63. The van der Waals surface area contributed by atoms with Crippen molar-refractivity contribution in [3.63, 3.8) is 0 Å². The summed E-state index contributed by atoms with van der Waals surface area (Å²) in [5, 5.41) is 0. The third-order valence-corrected chi connectivity index (χ3v) is 2.42. The molecule has 0 saturated heterocycles. The largest absolute Gasteiger partial charge is 0.462 e. The minimum absolute atomic E-state index is 0.300. The van der Waals surface area contributed by atoms with Crippen LogP contribution >= 0.6 is 0 Å². The second kappa shape index (κ2) is 7.01. The Morgan fingerprint density at radius 3 is 2.94 bits per heavy atom. The van der Waals surface area contributed by atoms with Crippen molar-refractivity contribution in [2.45, 2.75) is 33.2 Å². The molecule has 1 aromatic rings. The maximum Gasteiger partial charge on any atom is 0.338 e. The fourth-order valence-corrected chi connectivity index (χ4v) is 1.46. The van der Waals surface area contributed by atoms with Gasteiger partial charge in [-0.25, -0.2) is 4.79 Å². The van der Waals surface area contributed by atoms with Gasteiger partial charge in [0, 0.05) is 12.7 Å². The SMILES string of the molecule is CC(C)CCCOC(=O)c1ccnc(CN)c1. The lowest BCUT2D eigenvalue weighted by Gasteiger charge is -2.07. The summed E-state index contributed by atoms with van der Waals surface area (Å²) >= 11 is 0. The predicted molar refractivity (Wildman–Crippen MR) is 66.5 cm³/mol. The van der Waals surface area contributed by atoms with Crippen LogP contribution in [0.4, 0.5) is 0 Å². The van der Waals surface area contributed by atoms with Crippen molar-refractivity contribution < 1.29 is 9.53 Å². The average molecular weight is 236 g/mol. The quantitative estimate of drug-likeness (QED) is 0.607. The second-order valence-corrected chi connectivity index (χ2v) is 4.41. The number of nitrogens with two attached hydrogens (primary N) is 1. The minimum Gasteiger partial charge on any atom is -0.462 e. The van der Waals surface area contributed by atoms with Gasteiger partial charge in [-0.2, -0.15) is 0 Å². The van der Waals surface area contributed by atoms with Gasteiger partial charge < -0.3 is 10.5 Å². The summed E-state index contributed by atoms with van der Waals surface area (Å²) in [6.07, 6.45) is 3.54. The van der Waals surface area contributed by atoms with Gasteiger partial charge in [0.1, 0.15) is 0 Å². The first-order chi connectivity index (χ1) is 8.13. The Bertz CT molecular complexity index is 364. The molecular weight excluding hydrogens is 216 g/mol. The maximum absolute atomic E-state index is 11.7. The summed E-state index contributed by atoms with van der Waals surface area (Å²) < 4.78 is 5.17. The molecule has 0 saturated carbocycles. The monoisotopic (exact) mass is 236 g/mol. The van der Waals surface area contributed by atoms with E-state index in [1.54, 1.807) is 18.3 Å². The zero-order valence-corrected chi connectivity index (χ0v) is 10.5. The van der Waals surface area contributed by atoms with Gasteiger partial charge in [-0.05, 0) is 30.9 Å². The van der Waals surface area contributed by atoms with Gasteiger partial charge in [0.25, 0.3) is 0 Å². The molecule has 0 radical (unpaired) electrons. The molecule has 1 aromatic heterocycles. The molecule has 0 amide bonds. The van der Waals surface area contributed by atoms with Crippen molar-refractivity contribution in [1.82, 2.24) is 4.98 Å². The number of ether oxygens (including phenoxy) is 1. The van der Waals surface area contributed by atoms with Crippen LogP contribution < -0.4 is 5.73 Å². The topological polar surface area (TPSA) is 65.2 Å². The van der Waals surface area contributed by atoms with Crippen LogP contribution in [0.2, 0.25) is 0 Å². The lowest BCUT2D eigenvalue weighted by atomic mass is 10.1. The van der Waals surface area contributed by atoms with Gasteiger partial charge in [-0.3, -0.25) is 4.98 Å². The summed E-state index contributed by atoms with van der Waals surface area (Å²) in [5.41, 5.74) is 6.67. The molecular formula is C13H20N2O2. The molecule has 0 aliphatic rings. The second-order valence-electron chi connectivity index (χ2n) is 4.41. The molecule has 0 aliphatic heterocycles. The highest BCUT2D eigenvalue weighted by Gasteiger charge is 2.07. The zero-order chi connectivity index (χ0) is 12.7. The van der Waals surface area contributed by atoms with Crippen LogP contribution in [0.3, 0.4) is 0 Å². The molecule has 0 aromatic carbocycles. The Labute approximate surface area is 102 Å². The number of hydrogen-bond donors (Lipinski definition) is 1. The van der Waals surface area contributed by atoms with Crippen LogP contribution in [0, 0.1) is 5.92 Å². The number of rotatable bonds is 6. The molecule has 4 nitrogen and oxygen atoms in total. The normalized spacial score (nSPS) is 10.6. The highest BCUT2D eigenvalue weighted by Crippen LogP contribution is 2.06. The highest BCUT2D eigenvalue weighted by atomic mass is 16.5. The van der Waals surface area contributed by atoms with Gasteiger partial charge in [0.2, 0.25) is 0 Å². The van der Waals surface area contributed by atoms with Gasteiger partial charge >= 0.3 is 5.97 Å². The first kappa shape index (κ1) is 13.6. The average Bonchev–Trinajstić information content (AvgIpc) is 2.34. The summed E-state index contributed by atoms with van der Waals surface area (Å²) in [4.78, 5) is 15.7. The highest BCUT2D eigenvalue weighted by molar-refractivity contribution is 5.89. The van der Waals surface area contributed by atoms with Crippen molar-refractivity contribution >= 4 is 5.97 Å². The minimum atomic E-state index is -0.300. The van der Waals surface area contributed by atoms with E-state index < -0.39 is 0 Å². The molecule has 94 valence electrons.